The average molecular weight is 564 g/mol. The summed E-state index contributed by atoms with van der Waals surface area (Å²) in [5.41, 5.74) is 20.5. The third kappa shape index (κ3) is 3.91. The Bertz CT molecular complexity index is 1860. The van der Waals surface area contributed by atoms with E-state index in [1.54, 1.807) is 0 Å². The number of aliphatic hydroxyl groups excluding tert-OH is 1. The summed E-state index contributed by atoms with van der Waals surface area (Å²) in [6.45, 7) is 17.7. The molecule has 6 nitrogen and oxygen atoms in total. The van der Waals surface area contributed by atoms with Crippen LogP contribution in [0.5, 0.6) is 0 Å². The number of allylic oxidation sites excluding steroid dienone is 3. The minimum Gasteiger partial charge on any atom is -0.392 e. The molecule has 8 bridgehead atoms. The quantitative estimate of drug-likeness (QED) is 0.293. The molecule has 0 saturated heterocycles. The summed E-state index contributed by atoms with van der Waals surface area (Å²) in [5.74, 6) is 0.259. The molecule has 0 radical (unpaired) electrons. The lowest BCUT2D eigenvalue weighted by Gasteiger charge is -2.25. The zero-order valence-corrected chi connectivity index (χ0v) is 26.9. The van der Waals surface area contributed by atoms with Crippen molar-refractivity contribution in [2.75, 3.05) is 14.1 Å². The maximum absolute atomic E-state index is 10.9. The van der Waals surface area contributed by atoms with E-state index in [1.165, 1.54) is 50.1 Å². The molecule has 42 heavy (non-hydrogen) atoms. The number of nitrogens with zero attached hydrogens (tertiary/aromatic N) is 3. The van der Waals surface area contributed by atoms with E-state index in [1.807, 2.05) is 0 Å². The number of aryl methyl sites for hydroxylation is 4. The molecular formula is C36H45N5O. The minimum atomic E-state index is -0.104. The van der Waals surface area contributed by atoms with Gasteiger partial charge in [0.05, 0.1) is 29.4 Å². The van der Waals surface area contributed by atoms with Crippen LogP contribution in [0.3, 0.4) is 0 Å². The van der Waals surface area contributed by atoms with Gasteiger partial charge in [-0.05, 0) is 118 Å². The second-order valence-corrected chi connectivity index (χ2v) is 12.5. The highest BCUT2D eigenvalue weighted by molar-refractivity contribution is 6.00. The predicted molar refractivity (Wildman–Crippen MR) is 176 cm³/mol. The fourth-order valence-corrected chi connectivity index (χ4v) is 8.01. The number of aromatic amines is 2. The van der Waals surface area contributed by atoms with Crippen molar-refractivity contribution in [3.63, 3.8) is 0 Å². The maximum atomic E-state index is 10.9. The van der Waals surface area contributed by atoms with Gasteiger partial charge in [-0.25, -0.2) is 9.97 Å². The Morgan fingerprint density at radius 2 is 1.43 bits per heavy atom. The first kappa shape index (κ1) is 28.6. The number of H-pyrrole nitrogens is 2. The molecule has 220 valence electrons. The fraction of sp³-hybridized carbons (Fsp3) is 0.444. The summed E-state index contributed by atoms with van der Waals surface area (Å²) in [6.07, 6.45) is 2.71. The maximum Gasteiger partial charge on any atom is 0.0749 e. The lowest BCUT2D eigenvalue weighted by molar-refractivity contribution is 0.267. The molecule has 5 heterocycles. The van der Waals surface area contributed by atoms with E-state index in [4.69, 9.17) is 9.97 Å². The van der Waals surface area contributed by atoms with E-state index in [0.717, 1.165) is 69.7 Å². The topological polar surface area (TPSA) is 80.8 Å². The number of fused-ring (bicyclic) bond motifs is 8. The molecule has 1 aliphatic carbocycles. The zero-order valence-electron chi connectivity index (χ0n) is 26.9. The highest BCUT2D eigenvalue weighted by atomic mass is 16.3. The molecule has 0 fully saturated rings. The number of aliphatic hydroxyl groups is 1. The molecule has 6 heteroatoms. The van der Waals surface area contributed by atoms with Crippen LogP contribution in [-0.4, -0.2) is 44.0 Å². The van der Waals surface area contributed by atoms with Crippen molar-refractivity contribution in [2.24, 2.45) is 5.92 Å². The van der Waals surface area contributed by atoms with Crippen molar-refractivity contribution >= 4 is 44.4 Å². The molecule has 6 rings (SSSR count). The van der Waals surface area contributed by atoms with E-state index in [9.17, 15) is 5.11 Å². The van der Waals surface area contributed by atoms with E-state index in [-0.39, 0.29) is 18.6 Å². The molecule has 2 atom stereocenters. The van der Waals surface area contributed by atoms with Crippen LogP contribution in [0.1, 0.15) is 110 Å². The van der Waals surface area contributed by atoms with Crippen LogP contribution in [0.2, 0.25) is 0 Å². The van der Waals surface area contributed by atoms with Gasteiger partial charge < -0.3 is 20.0 Å². The van der Waals surface area contributed by atoms with Crippen molar-refractivity contribution in [3.8, 4) is 0 Å². The predicted octanol–water partition coefficient (Wildman–Crippen LogP) is 8.07. The van der Waals surface area contributed by atoms with Crippen molar-refractivity contribution in [1.29, 1.82) is 0 Å². The summed E-state index contributed by atoms with van der Waals surface area (Å²) in [5, 5.41) is 10.9. The van der Waals surface area contributed by atoms with Gasteiger partial charge in [-0.3, -0.25) is 0 Å². The summed E-state index contributed by atoms with van der Waals surface area (Å²) < 4.78 is 0. The summed E-state index contributed by atoms with van der Waals surface area (Å²) >= 11 is 0. The Morgan fingerprint density at radius 3 is 2.05 bits per heavy atom. The lowest BCUT2D eigenvalue weighted by Crippen LogP contribution is -2.23. The number of aromatic nitrogens is 4. The molecule has 0 unspecified atom stereocenters. The summed E-state index contributed by atoms with van der Waals surface area (Å²) in [4.78, 5) is 20.6. The normalized spacial score (nSPS) is 18.3. The van der Waals surface area contributed by atoms with Gasteiger partial charge in [0, 0.05) is 45.2 Å². The number of hydrogen-bond acceptors (Lipinski definition) is 4. The van der Waals surface area contributed by atoms with Gasteiger partial charge in [-0.1, -0.05) is 27.7 Å². The average Bonchev–Trinajstić information content (AvgIpc) is 3.70. The van der Waals surface area contributed by atoms with E-state index in [2.05, 4.69) is 96.5 Å². The Labute approximate surface area is 249 Å². The van der Waals surface area contributed by atoms with Crippen molar-refractivity contribution in [2.45, 2.75) is 87.3 Å². The second kappa shape index (κ2) is 10.4. The number of nitrogens with one attached hydrogen (secondary N) is 2. The molecule has 3 aromatic heterocycles. The highest BCUT2D eigenvalue weighted by Gasteiger charge is 2.42. The van der Waals surface area contributed by atoms with Crippen LogP contribution >= 0.6 is 0 Å². The van der Waals surface area contributed by atoms with Crippen LogP contribution in [0, 0.1) is 19.8 Å². The monoisotopic (exact) mass is 563 g/mol. The van der Waals surface area contributed by atoms with Crippen LogP contribution < -0.4 is 0 Å². The van der Waals surface area contributed by atoms with Crippen molar-refractivity contribution in [3.05, 3.63) is 68.3 Å². The minimum absolute atomic E-state index is 0.104. The SMILES string of the molecule is CCC1=C(C)c2cc3[nH]c(cc4[nH]c(c(C)c4CC)c4c5nc(c(CO)c1n2)C(C)=C5[C@@H](C)[C@H]4N(C)C)c(C)c3CC. The highest BCUT2D eigenvalue weighted by Crippen LogP contribution is 2.53. The smallest absolute Gasteiger partial charge is 0.0749 e. The summed E-state index contributed by atoms with van der Waals surface area (Å²) in [7, 11) is 4.34. The van der Waals surface area contributed by atoms with Gasteiger partial charge in [-0.15, -0.1) is 0 Å². The third-order valence-corrected chi connectivity index (χ3v) is 10.1. The van der Waals surface area contributed by atoms with Crippen LogP contribution in [0.25, 0.3) is 44.4 Å². The van der Waals surface area contributed by atoms with Crippen molar-refractivity contribution in [1.82, 2.24) is 24.8 Å². The fourth-order valence-electron chi connectivity index (χ4n) is 8.01. The molecule has 0 amide bonds. The Morgan fingerprint density at radius 1 is 0.762 bits per heavy atom. The van der Waals surface area contributed by atoms with Gasteiger partial charge in [-0.2, -0.15) is 0 Å². The molecule has 3 aliphatic rings. The van der Waals surface area contributed by atoms with Gasteiger partial charge in [0.1, 0.15) is 0 Å². The zero-order chi connectivity index (χ0) is 30.2. The van der Waals surface area contributed by atoms with Gasteiger partial charge >= 0.3 is 0 Å². The number of rotatable bonds is 5. The van der Waals surface area contributed by atoms with Crippen LogP contribution in [-0.2, 0) is 19.4 Å². The number of hydrogen-bond donors (Lipinski definition) is 3. The van der Waals surface area contributed by atoms with E-state index < -0.39 is 0 Å². The first-order chi connectivity index (χ1) is 20.1. The molecular weight excluding hydrogens is 518 g/mol. The van der Waals surface area contributed by atoms with Crippen LogP contribution in [0.4, 0.5) is 0 Å². The van der Waals surface area contributed by atoms with Crippen LogP contribution in [0.15, 0.2) is 12.1 Å². The lowest BCUT2D eigenvalue weighted by atomic mass is 9.92. The van der Waals surface area contributed by atoms with Crippen molar-refractivity contribution < 1.29 is 5.11 Å². The molecule has 0 spiro atoms. The molecule has 0 aromatic carbocycles. The summed E-state index contributed by atoms with van der Waals surface area (Å²) in [6, 6.07) is 4.70. The first-order valence-electron chi connectivity index (χ1n) is 15.5. The molecule has 3 aromatic rings. The van der Waals surface area contributed by atoms with Gasteiger partial charge in [0.15, 0.2) is 0 Å². The molecule has 3 N–H and O–H groups in total. The Balaban J connectivity index is 1.91. The third-order valence-electron chi connectivity index (χ3n) is 10.1. The largest absolute Gasteiger partial charge is 0.392 e. The molecule has 0 saturated carbocycles. The van der Waals surface area contributed by atoms with Gasteiger partial charge in [0.2, 0.25) is 0 Å². The standard InChI is InChI=1S/C36H45N5O/c1-11-22-17(4)26-14-29-23(12-2)19(6)33(39-29)31-35-30(21(8)36(31)41(9)10)20(7)32(40-35)25(16-42)34-24(13-3)18(5)27(38-34)15-28(22)37-26/h14-15,21,36-37,39,42H,11-13,16H2,1-10H3/t21-,36-/m1/s1. The second-order valence-electron chi connectivity index (χ2n) is 12.5. The van der Waals surface area contributed by atoms with E-state index in [0.29, 0.717) is 0 Å². The Hall–Kier alpha value is -3.48. The molecule has 2 aliphatic heterocycles. The first-order valence-corrected chi connectivity index (χ1v) is 15.5. The Kier molecular flexibility index (Phi) is 7.06. The van der Waals surface area contributed by atoms with Gasteiger partial charge in [0.25, 0.3) is 0 Å². The van der Waals surface area contributed by atoms with E-state index >= 15 is 0 Å².